The molecular formula is C24H30N6O4. The number of aromatic hydroxyl groups is 1. The lowest BCUT2D eigenvalue weighted by atomic mass is 9.93. The second-order valence-corrected chi connectivity index (χ2v) is 8.63. The van der Waals surface area contributed by atoms with Crippen LogP contribution >= 0.6 is 0 Å². The van der Waals surface area contributed by atoms with Crippen LogP contribution in [0, 0.1) is 0 Å². The number of aromatic nitrogens is 4. The minimum Gasteiger partial charge on any atom is -0.508 e. The molecule has 1 fully saturated rings. The van der Waals surface area contributed by atoms with E-state index >= 15 is 0 Å². The van der Waals surface area contributed by atoms with Crippen LogP contribution in [-0.2, 0) is 16.1 Å². The van der Waals surface area contributed by atoms with Gasteiger partial charge in [0.15, 0.2) is 0 Å². The molecule has 10 heteroatoms. The molecule has 0 saturated carbocycles. The van der Waals surface area contributed by atoms with Crippen molar-refractivity contribution in [3.05, 3.63) is 59.7 Å². The van der Waals surface area contributed by atoms with Gasteiger partial charge in [-0.3, -0.25) is 4.90 Å². The number of phenolic OH excluding ortho intramolecular Hbond substituents is 1. The summed E-state index contributed by atoms with van der Waals surface area (Å²) in [6, 6.07) is 16.2. The van der Waals surface area contributed by atoms with Gasteiger partial charge in [-0.1, -0.05) is 36.4 Å². The maximum absolute atomic E-state index is 10.5. The first-order chi connectivity index (χ1) is 16.4. The zero-order chi connectivity index (χ0) is 24.1. The van der Waals surface area contributed by atoms with Gasteiger partial charge in [0.1, 0.15) is 12.4 Å². The fraction of sp³-hybridized carbons (Fsp3) is 0.417. The molecular weight excluding hydrogens is 436 g/mol. The molecule has 3 N–H and O–H groups in total. The standard InChI is InChI=1S/C24H30N6O4/c1-16-14-29(17(2)13-25-16)23(20-4-3-5-21(31)12-20)18-6-8-19(9-7-18)24-26-28-30(27-24)10-11-34-15-22(32)33/h3-9,12,16-17,23,25,31H,10-11,13-15H2,1-2H3,(H,32,33)/t16-,17+,23-/m1/s1. The van der Waals surface area contributed by atoms with Crippen LogP contribution in [0.5, 0.6) is 5.75 Å². The SMILES string of the molecule is C[C@@H]1CN([C@H](c2ccc(-c3nnn(CCOCC(=O)O)n3)cc2)c2cccc(O)c2)[C@@H](C)CN1. The molecule has 0 amide bonds. The Kier molecular flexibility index (Phi) is 7.51. The molecule has 4 rings (SSSR count). The third-order valence-corrected chi connectivity index (χ3v) is 5.93. The Morgan fingerprint density at radius 2 is 2.00 bits per heavy atom. The summed E-state index contributed by atoms with van der Waals surface area (Å²) in [5, 5.41) is 34.8. The molecule has 0 aliphatic carbocycles. The summed E-state index contributed by atoms with van der Waals surface area (Å²) in [5.41, 5.74) is 2.99. The number of nitrogens with zero attached hydrogens (tertiary/aromatic N) is 5. The number of carboxylic acid groups (broad SMARTS) is 1. The average molecular weight is 467 g/mol. The monoisotopic (exact) mass is 466 g/mol. The van der Waals surface area contributed by atoms with Crippen LogP contribution in [0.25, 0.3) is 11.4 Å². The van der Waals surface area contributed by atoms with Crippen molar-refractivity contribution < 1.29 is 19.7 Å². The number of carbonyl (C=O) groups is 1. The predicted molar refractivity (Wildman–Crippen MR) is 125 cm³/mol. The van der Waals surface area contributed by atoms with Crippen molar-refractivity contribution in [2.75, 3.05) is 26.3 Å². The normalized spacial score (nSPS) is 19.7. The van der Waals surface area contributed by atoms with Crippen molar-refractivity contribution in [1.82, 2.24) is 30.4 Å². The Balaban J connectivity index is 1.54. The lowest BCUT2D eigenvalue weighted by molar-refractivity contribution is -0.142. The van der Waals surface area contributed by atoms with Gasteiger partial charge in [-0.05, 0) is 42.3 Å². The molecule has 10 nitrogen and oxygen atoms in total. The summed E-state index contributed by atoms with van der Waals surface area (Å²) in [5.74, 6) is -0.271. The maximum Gasteiger partial charge on any atom is 0.329 e. The molecule has 0 radical (unpaired) electrons. The second kappa shape index (κ2) is 10.7. The highest BCUT2D eigenvalue weighted by Gasteiger charge is 2.31. The highest BCUT2D eigenvalue weighted by atomic mass is 16.5. The molecule has 34 heavy (non-hydrogen) atoms. The van der Waals surface area contributed by atoms with Crippen LogP contribution in [0.15, 0.2) is 48.5 Å². The Morgan fingerprint density at radius 1 is 1.21 bits per heavy atom. The maximum atomic E-state index is 10.5. The smallest absolute Gasteiger partial charge is 0.329 e. The van der Waals surface area contributed by atoms with E-state index in [1.165, 1.54) is 4.80 Å². The highest BCUT2D eigenvalue weighted by Crippen LogP contribution is 2.34. The number of rotatable bonds is 9. The van der Waals surface area contributed by atoms with E-state index in [9.17, 15) is 9.90 Å². The number of ether oxygens (including phenoxy) is 1. The summed E-state index contributed by atoms with van der Waals surface area (Å²) in [6.45, 7) is 6.34. The number of hydrogen-bond acceptors (Lipinski definition) is 8. The fourth-order valence-electron chi connectivity index (χ4n) is 4.25. The summed E-state index contributed by atoms with van der Waals surface area (Å²) < 4.78 is 5.03. The van der Waals surface area contributed by atoms with Crippen molar-refractivity contribution in [3.8, 4) is 17.1 Å². The van der Waals surface area contributed by atoms with Gasteiger partial charge in [0.05, 0.1) is 19.2 Å². The Bertz CT molecular complexity index is 1100. The van der Waals surface area contributed by atoms with E-state index in [4.69, 9.17) is 9.84 Å². The van der Waals surface area contributed by atoms with Crippen LogP contribution < -0.4 is 5.32 Å². The van der Waals surface area contributed by atoms with Crippen LogP contribution in [0.3, 0.4) is 0 Å². The van der Waals surface area contributed by atoms with Crippen molar-refractivity contribution in [1.29, 1.82) is 0 Å². The zero-order valence-electron chi connectivity index (χ0n) is 19.3. The van der Waals surface area contributed by atoms with E-state index in [1.807, 2.05) is 24.3 Å². The van der Waals surface area contributed by atoms with E-state index in [-0.39, 0.29) is 25.0 Å². The molecule has 180 valence electrons. The zero-order valence-corrected chi connectivity index (χ0v) is 19.3. The molecule has 0 unspecified atom stereocenters. The van der Waals surface area contributed by atoms with E-state index in [1.54, 1.807) is 6.07 Å². The molecule has 2 aromatic carbocycles. The quantitative estimate of drug-likeness (QED) is 0.406. The van der Waals surface area contributed by atoms with Crippen LogP contribution in [0.1, 0.15) is 31.0 Å². The van der Waals surface area contributed by atoms with Crippen molar-refractivity contribution in [3.63, 3.8) is 0 Å². The van der Waals surface area contributed by atoms with Gasteiger partial charge in [-0.15, -0.1) is 10.2 Å². The number of benzene rings is 2. The van der Waals surface area contributed by atoms with Gasteiger partial charge in [-0.25, -0.2) is 4.79 Å². The lowest BCUT2D eigenvalue weighted by Crippen LogP contribution is -2.55. The summed E-state index contributed by atoms with van der Waals surface area (Å²) in [6.07, 6.45) is 0. The average Bonchev–Trinajstić information content (AvgIpc) is 3.29. The minimum absolute atomic E-state index is 0.00396. The molecule has 3 aromatic rings. The minimum atomic E-state index is -1.01. The van der Waals surface area contributed by atoms with E-state index < -0.39 is 5.97 Å². The number of carboxylic acids is 1. The van der Waals surface area contributed by atoms with Crippen LogP contribution in [0.2, 0.25) is 0 Å². The van der Waals surface area contributed by atoms with Gasteiger partial charge in [0, 0.05) is 30.7 Å². The molecule has 1 saturated heterocycles. The predicted octanol–water partition coefficient (Wildman–Crippen LogP) is 1.92. The van der Waals surface area contributed by atoms with Crippen molar-refractivity contribution in [2.45, 2.75) is 38.5 Å². The number of tetrazole rings is 1. The number of nitrogens with one attached hydrogen (secondary N) is 1. The molecule has 1 aromatic heterocycles. The topological polar surface area (TPSA) is 126 Å². The van der Waals surface area contributed by atoms with Gasteiger partial charge in [0.25, 0.3) is 0 Å². The number of aliphatic carboxylic acids is 1. The first-order valence-corrected chi connectivity index (χ1v) is 11.4. The van der Waals surface area contributed by atoms with E-state index in [0.717, 1.165) is 29.8 Å². The number of hydrogen-bond donors (Lipinski definition) is 3. The fourth-order valence-corrected chi connectivity index (χ4v) is 4.25. The second-order valence-electron chi connectivity index (χ2n) is 8.63. The van der Waals surface area contributed by atoms with Crippen LogP contribution in [0.4, 0.5) is 0 Å². The van der Waals surface area contributed by atoms with Crippen LogP contribution in [-0.4, -0.2) is 79.7 Å². The third-order valence-electron chi connectivity index (χ3n) is 5.93. The molecule has 1 aliphatic heterocycles. The van der Waals surface area contributed by atoms with Gasteiger partial charge in [0.2, 0.25) is 5.82 Å². The third kappa shape index (κ3) is 5.77. The Labute approximate surface area is 198 Å². The Morgan fingerprint density at radius 3 is 2.74 bits per heavy atom. The molecule has 0 spiro atoms. The first-order valence-electron chi connectivity index (χ1n) is 11.4. The summed E-state index contributed by atoms with van der Waals surface area (Å²) in [7, 11) is 0. The van der Waals surface area contributed by atoms with Gasteiger partial charge < -0.3 is 20.3 Å². The number of piperazine rings is 1. The summed E-state index contributed by atoms with van der Waals surface area (Å²) >= 11 is 0. The molecule has 1 aliphatic rings. The number of phenols is 1. The van der Waals surface area contributed by atoms with Crippen molar-refractivity contribution in [2.24, 2.45) is 0 Å². The summed E-state index contributed by atoms with van der Waals surface area (Å²) in [4.78, 5) is 14.4. The highest BCUT2D eigenvalue weighted by molar-refractivity contribution is 5.67. The van der Waals surface area contributed by atoms with E-state index in [2.05, 4.69) is 57.7 Å². The molecule has 2 heterocycles. The molecule has 3 atom stereocenters. The molecule has 0 bridgehead atoms. The largest absolute Gasteiger partial charge is 0.508 e. The van der Waals surface area contributed by atoms with E-state index in [0.29, 0.717) is 24.5 Å². The van der Waals surface area contributed by atoms with Crippen molar-refractivity contribution >= 4 is 5.97 Å². The van der Waals surface area contributed by atoms with Gasteiger partial charge in [-0.2, -0.15) is 4.80 Å². The lowest BCUT2D eigenvalue weighted by Gasteiger charge is -2.43. The Hall–Kier alpha value is -3.34. The first kappa shape index (κ1) is 23.8. The van der Waals surface area contributed by atoms with Gasteiger partial charge >= 0.3 is 5.97 Å².